The summed E-state index contributed by atoms with van der Waals surface area (Å²) in [6.07, 6.45) is 0.481. The van der Waals surface area contributed by atoms with Crippen molar-refractivity contribution in [1.29, 1.82) is 5.26 Å². The van der Waals surface area contributed by atoms with Crippen molar-refractivity contribution in [3.05, 3.63) is 17.1 Å². The number of carbonyl (C=O) groups is 1. The number of amides is 1. The van der Waals surface area contributed by atoms with E-state index in [1.807, 2.05) is 6.92 Å². The number of thioether (sulfide) groups is 1. The Labute approximate surface area is 152 Å². The van der Waals surface area contributed by atoms with Gasteiger partial charge in [0.2, 0.25) is 5.91 Å². The number of nitriles is 1. The maximum absolute atomic E-state index is 12.8. The van der Waals surface area contributed by atoms with Gasteiger partial charge in [0, 0.05) is 12.6 Å². The van der Waals surface area contributed by atoms with Crippen LogP contribution >= 0.6 is 11.8 Å². The monoisotopic (exact) mass is 382 g/mol. The summed E-state index contributed by atoms with van der Waals surface area (Å²) in [5, 5.41) is 9.34. The minimum atomic E-state index is -3.05. The fourth-order valence-electron chi connectivity index (χ4n) is 2.96. The first-order chi connectivity index (χ1) is 11.7. The van der Waals surface area contributed by atoms with Gasteiger partial charge in [0.25, 0.3) is 0 Å². The summed E-state index contributed by atoms with van der Waals surface area (Å²) in [6.45, 7) is 7.54. The molecular formula is C16H22N4O3S2. The Hall–Kier alpha value is -1.66. The molecule has 1 fully saturated rings. The third-order valence-electron chi connectivity index (χ3n) is 4.19. The summed E-state index contributed by atoms with van der Waals surface area (Å²) < 4.78 is 23.4. The molecule has 2 heterocycles. The molecule has 2 atom stereocenters. The summed E-state index contributed by atoms with van der Waals surface area (Å²) in [7, 11) is -3.05. The van der Waals surface area contributed by atoms with E-state index in [9.17, 15) is 18.5 Å². The van der Waals surface area contributed by atoms with E-state index < -0.39 is 15.1 Å². The van der Waals surface area contributed by atoms with E-state index in [-0.39, 0.29) is 23.5 Å². The molecule has 0 N–H and O–H groups in total. The van der Waals surface area contributed by atoms with Gasteiger partial charge >= 0.3 is 0 Å². The molecule has 136 valence electrons. The first-order valence-electron chi connectivity index (χ1n) is 8.11. The van der Waals surface area contributed by atoms with E-state index in [0.29, 0.717) is 35.1 Å². The first-order valence-corrected chi connectivity index (χ1v) is 10.8. The Kier molecular flexibility index (Phi) is 6.06. The molecule has 1 amide bonds. The predicted octanol–water partition coefficient (Wildman–Crippen LogP) is 1.48. The highest BCUT2D eigenvalue weighted by Crippen LogP contribution is 2.28. The van der Waals surface area contributed by atoms with E-state index in [4.69, 9.17) is 0 Å². The molecule has 1 aliphatic heterocycles. The normalized spacial score (nSPS) is 20.0. The van der Waals surface area contributed by atoms with Crippen molar-refractivity contribution in [3.8, 4) is 6.07 Å². The van der Waals surface area contributed by atoms with Gasteiger partial charge in [-0.3, -0.25) is 4.79 Å². The van der Waals surface area contributed by atoms with Crippen LogP contribution in [0.4, 0.5) is 0 Å². The average Bonchev–Trinajstić information content (AvgIpc) is 2.87. The molecular weight excluding hydrogens is 360 g/mol. The number of aryl methyl sites for hydroxylation is 2. The van der Waals surface area contributed by atoms with Gasteiger partial charge in [0.05, 0.1) is 22.4 Å². The quantitative estimate of drug-likeness (QED) is 0.561. The third-order valence-corrected chi connectivity index (χ3v) is 7.01. The lowest BCUT2D eigenvalue weighted by atomic mass is 10.2. The Morgan fingerprint density at radius 3 is 2.64 bits per heavy atom. The second-order valence-corrected chi connectivity index (χ2v) is 9.65. The first kappa shape index (κ1) is 19.7. The summed E-state index contributed by atoms with van der Waals surface area (Å²) >= 11 is 1.22. The molecule has 1 aromatic rings. The van der Waals surface area contributed by atoms with Crippen LogP contribution in [-0.4, -0.2) is 58.5 Å². The largest absolute Gasteiger partial charge is 0.338 e. The SMILES string of the molecule is CCN(C(=O)C(C)Sc1nc(C)nc(C)c1C#N)C1CCS(=O)(=O)C1. The average molecular weight is 383 g/mol. The van der Waals surface area contributed by atoms with E-state index in [0.717, 1.165) is 0 Å². The van der Waals surface area contributed by atoms with Gasteiger partial charge in [-0.05, 0) is 34.1 Å². The molecule has 25 heavy (non-hydrogen) atoms. The zero-order valence-electron chi connectivity index (χ0n) is 14.8. The molecule has 2 rings (SSSR count). The van der Waals surface area contributed by atoms with Crippen molar-refractivity contribution in [1.82, 2.24) is 14.9 Å². The molecule has 1 saturated heterocycles. The fraction of sp³-hybridized carbons (Fsp3) is 0.625. The van der Waals surface area contributed by atoms with E-state index in [1.165, 1.54) is 11.8 Å². The molecule has 2 unspecified atom stereocenters. The number of carbonyl (C=O) groups excluding carboxylic acids is 1. The predicted molar refractivity (Wildman–Crippen MR) is 96.0 cm³/mol. The van der Waals surface area contributed by atoms with Gasteiger partial charge in [-0.2, -0.15) is 5.26 Å². The van der Waals surface area contributed by atoms with Crippen LogP contribution in [0.5, 0.6) is 0 Å². The minimum absolute atomic E-state index is 0.0269. The zero-order chi connectivity index (χ0) is 18.8. The summed E-state index contributed by atoms with van der Waals surface area (Å²) in [4.78, 5) is 22.9. The lowest BCUT2D eigenvalue weighted by Gasteiger charge is -2.29. The zero-order valence-corrected chi connectivity index (χ0v) is 16.4. The second-order valence-electron chi connectivity index (χ2n) is 6.09. The van der Waals surface area contributed by atoms with Gasteiger partial charge in [-0.25, -0.2) is 18.4 Å². The van der Waals surface area contributed by atoms with Crippen LogP contribution < -0.4 is 0 Å². The van der Waals surface area contributed by atoms with Gasteiger partial charge < -0.3 is 4.90 Å². The summed E-state index contributed by atoms with van der Waals surface area (Å²) in [5.74, 6) is 0.575. The molecule has 0 aromatic carbocycles. The highest BCUT2D eigenvalue weighted by atomic mass is 32.2. The molecule has 0 aliphatic carbocycles. The van der Waals surface area contributed by atoms with Crippen molar-refractivity contribution in [2.75, 3.05) is 18.1 Å². The highest BCUT2D eigenvalue weighted by Gasteiger charge is 2.35. The maximum atomic E-state index is 12.8. The molecule has 1 aliphatic rings. The summed E-state index contributed by atoms with van der Waals surface area (Å²) in [5.41, 5.74) is 0.966. The van der Waals surface area contributed by atoms with Crippen LogP contribution in [0.2, 0.25) is 0 Å². The van der Waals surface area contributed by atoms with Crippen LogP contribution in [0.15, 0.2) is 5.03 Å². The second kappa shape index (κ2) is 7.70. The Bertz CT molecular complexity index is 817. The van der Waals surface area contributed by atoms with Crippen molar-refractivity contribution >= 4 is 27.5 Å². The molecule has 7 nitrogen and oxygen atoms in total. The van der Waals surface area contributed by atoms with Crippen LogP contribution in [0.1, 0.15) is 37.4 Å². The van der Waals surface area contributed by atoms with Crippen molar-refractivity contribution in [3.63, 3.8) is 0 Å². The maximum Gasteiger partial charge on any atom is 0.236 e. The molecule has 0 bridgehead atoms. The van der Waals surface area contributed by atoms with Crippen molar-refractivity contribution in [2.45, 2.75) is 50.4 Å². The molecule has 0 spiro atoms. The van der Waals surface area contributed by atoms with Gasteiger partial charge in [0.1, 0.15) is 22.5 Å². The van der Waals surface area contributed by atoms with Gasteiger partial charge in [-0.15, -0.1) is 0 Å². The topological polar surface area (TPSA) is 104 Å². The summed E-state index contributed by atoms with van der Waals surface area (Å²) in [6, 6.07) is 1.83. The Balaban J connectivity index is 2.19. The lowest BCUT2D eigenvalue weighted by molar-refractivity contribution is -0.131. The number of hydrogen-bond donors (Lipinski definition) is 0. The van der Waals surface area contributed by atoms with Crippen LogP contribution in [0, 0.1) is 25.2 Å². The van der Waals surface area contributed by atoms with E-state index in [2.05, 4.69) is 16.0 Å². The Morgan fingerprint density at radius 1 is 1.44 bits per heavy atom. The number of rotatable bonds is 5. The van der Waals surface area contributed by atoms with Crippen molar-refractivity contribution in [2.24, 2.45) is 0 Å². The van der Waals surface area contributed by atoms with E-state index >= 15 is 0 Å². The highest BCUT2D eigenvalue weighted by molar-refractivity contribution is 8.00. The molecule has 0 radical (unpaired) electrons. The van der Waals surface area contributed by atoms with E-state index in [1.54, 1.807) is 25.7 Å². The van der Waals surface area contributed by atoms with Gasteiger partial charge in [0.15, 0.2) is 9.84 Å². The minimum Gasteiger partial charge on any atom is -0.338 e. The number of aromatic nitrogens is 2. The number of nitrogens with zero attached hydrogens (tertiary/aromatic N) is 4. The van der Waals surface area contributed by atoms with Crippen LogP contribution in [-0.2, 0) is 14.6 Å². The van der Waals surface area contributed by atoms with Crippen LogP contribution in [0.25, 0.3) is 0 Å². The van der Waals surface area contributed by atoms with Crippen LogP contribution in [0.3, 0.4) is 0 Å². The number of sulfone groups is 1. The molecule has 0 saturated carbocycles. The fourth-order valence-corrected chi connectivity index (χ4v) is 5.76. The molecule has 9 heteroatoms. The lowest BCUT2D eigenvalue weighted by Crippen LogP contribution is -2.44. The third kappa shape index (κ3) is 4.50. The smallest absolute Gasteiger partial charge is 0.236 e. The standard InChI is InChI=1S/C16H22N4O3S2/c1-5-20(13-6-7-25(22,23)9-13)16(21)11(3)24-15-14(8-17)10(2)18-12(4)19-15/h11,13H,5-7,9H2,1-4H3. The number of hydrogen-bond acceptors (Lipinski definition) is 7. The van der Waals surface area contributed by atoms with Gasteiger partial charge in [-0.1, -0.05) is 11.8 Å². The Morgan fingerprint density at radius 2 is 2.12 bits per heavy atom. The molecule has 1 aromatic heterocycles. The van der Waals surface area contributed by atoms with Crippen molar-refractivity contribution < 1.29 is 13.2 Å².